The van der Waals surface area contributed by atoms with Crippen LogP contribution in [0.15, 0.2) is 24.3 Å². The van der Waals surface area contributed by atoms with E-state index in [9.17, 15) is 4.79 Å². The second-order valence-corrected chi connectivity index (χ2v) is 6.02. The molecule has 19 heavy (non-hydrogen) atoms. The third-order valence-corrected chi connectivity index (χ3v) is 4.14. The Kier molecular flexibility index (Phi) is 4.83. The first-order valence-corrected chi connectivity index (χ1v) is 7.35. The van der Waals surface area contributed by atoms with Gasteiger partial charge in [-0.15, -0.1) is 0 Å². The summed E-state index contributed by atoms with van der Waals surface area (Å²) in [6.45, 7) is 6.45. The molecule has 2 rings (SSSR count). The van der Waals surface area contributed by atoms with Gasteiger partial charge in [0.2, 0.25) is 0 Å². The van der Waals surface area contributed by atoms with E-state index in [1.54, 1.807) is 12.1 Å². The molecule has 0 spiro atoms. The smallest absolute Gasteiger partial charge is 0.282 e. The topological polar surface area (TPSA) is 33.5 Å². The molecule has 1 aliphatic rings. The maximum atomic E-state index is 12.3. The molecule has 0 radical (unpaired) electrons. The lowest BCUT2D eigenvalue weighted by atomic mass is 9.99. The van der Waals surface area contributed by atoms with E-state index in [1.807, 2.05) is 19.1 Å². The lowest BCUT2D eigenvalue weighted by Crippen LogP contribution is -3.17. The Balaban J connectivity index is 1.95. The summed E-state index contributed by atoms with van der Waals surface area (Å²) in [6.07, 6.45) is 2.50. The summed E-state index contributed by atoms with van der Waals surface area (Å²) in [5.74, 6) is 0.788. The third-order valence-electron chi connectivity index (χ3n) is 3.90. The standard InChI is InChI=1S/C15H21ClN2O/c1-11-5-4-8-18(10-11)12(2)15(19)17-14-7-3-6-13(16)9-14/h3,6-7,9,11-12H,4-5,8,10H2,1-2H3,(H,17,19)/p+1/t11-,12-/m0/s1. The second kappa shape index (κ2) is 6.40. The van der Waals surface area contributed by atoms with Crippen molar-refractivity contribution in [3.8, 4) is 0 Å². The van der Waals surface area contributed by atoms with Gasteiger partial charge in [0.1, 0.15) is 0 Å². The van der Waals surface area contributed by atoms with Crippen LogP contribution in [0.3, 0.4) is 0 Å². The molecule has 1 aliphatic heterocycles. The normalized spacial score (nSPS) is 24.8. The van der Waals surface area contributed by atoms with E-state index in [-0.39, 0.29) is 11.9 Å². The van der Waals surface area contributed by atoms with E-state index < -0.39 is 0 Å². The minimum atomic E-state index is -0.0123. The average Bonchev–Trinajstić information content (AvgIpc) is 2.38. The number of quaternary nitrogens is 1. The minimum absolute atomic E-state index is 0.0123. The molecule has 0 aliphatic carbocycles. The van der Waals surface area contributed by atoms with Gasteiger partial charge < -0.3 is 10.2 Å². The number of piperidine rings is 1. The first-order valence-electron chi connectivity index (χ1n) is 6.97. The van der Waals surface area contributed by atoms with Crippen LogP contribution in [-0.2, 0) is 4.79 Å². The number of carbonyl (C=O) groups excluding carboxylic acids is 1. The molecule has 1 aromatic rings. The number of halogens is 1. The monoisotopic (exact) mass is 281 g/mol. The van der Waals surface area contributed by atoms with Crippen LogP contribution in [0.1, 0.15) is 26.7 Å². The number of anilines is 1. The van der Waals surface area contributed by atoms with Crippen LogP contribution < -0.4 is 10.2 Å². The maximum absolute atomic E-state index is 12.3. The van der Waals surface area contributed by atoms with E-state index in [0.29, 0.717) is 10.9 Å². The van der Waals surface area contributed by atoms with Crippen molar-refractivity contribution < 1.29 is 9.69 Å². The van der Waals surface area contributed by atoms with Crippen molar-refractivity contribution in [3.05, 3.63) is 29.3 Å². The van der Waals surface area contributed by atoms with Gasteiger partial charge in [-0.2, -0.15) is 0 Å². The van der Waals surface area contributed by atoms with Crippen molar-refractivity contribution in [1.82, 2.24) is 0 Å². The molecular weight excluding hydrogens is 260 g/mol. The van der Waals surface area contributed by atoms with Gasteiger partial charge in [-0.1, -0.05) is 24.6 Å². The fraction of sp³-hybridized carbons (Fsp3) is 0.533. The van der Waals surface area contributed by atoms with Gasteiger partial charge in [-0.05, 0) is 38.0 Å². The van der Waals surface area contributed by atoms with Gasteiger partial charge in [0, 0.05) is 16.6 Å². The van der Waals surface area contributed by atoms with Gasteiger partial charge in [-0.3, -0.25) is 4.79 Å². The third kappa shape index (κ3) is 3.95. The molecule has 3 atom stereocenters. The van der Waals surface area contributed by atoms with Crippen LogP contribution in [0.5, 0.6) is 0 Å². The predicted octanol–water partition coefficient (Wildman–Crippen LogP) is 1.98. The molecule has 1 aromatic carbocycles. The van der Waals surface area contributed by atoms with Crippen LogP contribution in [0.4, 0.5) is 5.69 Å². The number of amides is 1. The van der Waals surface area contributed by atoms with Gasteiger partial charge in [0.15, 0.2) is 6.04 Å². The highest BCUT2D eigenvalue weighted by Gasteiger charge is 2.29. The Bertz CT molecular complexity index is 450. The number of hydrogen-bond donors (Lipinski definition) is 2. The van der Waals surface area contributed by atoms with Crippen LogP contribution in [-0.4, -0.2) is 25.0 Å². The summed E-state index contributed by atoms with van der Waals surface area (Å²) in [6, 6.07) is 7.28. The molecule has 2 N–H and O–H groups in total. The van der Waals surface area contributed by atoms with E-state index in [0.717, 1.165) is 18.8 Å². The van der Waals surface area contributed by atoms with Crippen LogP contribution in [0.2, 0.25) is 5.02 Å². The predicted molar refractivity (Wildman–Crippen MR) is 78.6 cm³/mol. The van der Waals surface area contributed by atoms with Crippen LogP contribution in [0, 0.1) is 5.92 Å². The molecule has 0 aromatic heterocycles. The molecule has 1 fully saturated rings. The van der Waals surface area contributed by atoms with Crippen molar-refractivity contribution >= 4 is 23.2 Å². The van der Waals surface area contributed by atoms with E-state index in [1.165, 1.54) is 17.7 Å². The summed E-state index contributed by atoms with van der Waals surface area (Å²) < 4.78 is 0. The number of nitrogens with one attached hydrogen (secondary N) is 2. The Morgan fingerprint density at radius 1 is 1.53 bits per heavy atom. The molecular formula is C15H22ClN2O+. The Hall–Kier alpha value is -1.06. The summed E-state index contributed by atoms with van der Waals surface area (Å²) in [7, 11) is 0. The highest BCUT2D eigenvalue weighted by Crippen LogP contribution is 2.15. The number of carbonyl (C=O) groups is 1. The largest absolute Gasteiger partial charge is 0.325 e. The minimum Gasteiger partial charge on any atom is -0.325 e. The first kappa shape index (κ1) is 14.4. The molecule has 4 heteroatoms. The molecule has 1 saturated heterocycles. The number of likely N-dealkylation sites (tertiary alicyclic amines) is 1. The zero-order chi connectivity index (χ0) is 13.8. The average molecular weight is 282 g/mol. The summed E-state index contributed by atoms with van der Waals surface area (Å²) in [4.78, 5) is 13.6. The molecule has 1 unspecified atom stereocenters. The van der Waals surface area contributed by atoms with Crippen LogP contribution in [0.25, 0.3) is 0 Å². The molecule has 1 heterocycles. The fourth-order valence-electron chi connectivity index (χ4n) is 2.72. The molecule has 1 amide bonds. The molecule has 3 nitrogen and oxygen atoms in total. The zero-order valence-corrected chi connectivity index (χ0v) is 12.3. The zero-order valence-electron chi connectivity index (χ0n) is 11.6. The second-order valence-electron chi connectivity index (χ2n) is 5.58. The SMILES string of the molecule is C[C@H]1CCC[NH+]([C@@H](C)C(=O)Nc2cccc(Cl)c2)C1. The molecule has 0 bridgehead atoms. The van der Waals surface area contributed by atoms with E-state index in [2.05, 4.69) is 12.2 Å². The first-order chi connectivity index (χ1) is 9.06. The van der Waals surface area contributed by atoms with Crippen molar-refractivity contribution in [2.45, 2.75) is 32.7 Å². The van der Waals surface area contributed by atoms with Gasteiger partial charge in [0.05, 0.1) is 13.1 Å². The van der Waals surface area contributed by atoms with Gasteiger partial charge >= 0.3 is 0 Å². The van der Waals surface area contributed by atoms with Crippen molar-refractivity contribution in [1.29, 1.82) is 0 Å². The summed E-state index contributed by atoms with van der Waals surface area (Å²) in [5, 5.41) is 3.59. The fourth-order valence-corrected chi connectivity index (χ4v) is 2.92. The highest BCUT2D eigenvalue weighted by molar-refractivity contribution is 6.30. The summed E-state index contributed by atoms with van der Waals surface area (Å²) >= 11 is 5.92. The lowest BCUT2D eigenvalue weighted by Gasteiger charge is -2.31. The summed E-state index contributed by atoms with van der Waals surface area (Å²) in [5.41, 5.74) is 0.772. The molecule has 104 valence electrons. The quantitative estimate of drug-likeness (QED) is 0.873. The van der Waals surface area contributed by atoms with Gasteiger partial charge in [0.25, 0.3) is 5.91 Å². The Labute approximate surface area is 119 Å². The maximum Gasteiger partial charge on any atom is 0.282 e. The van der Waals surface area contributed by atoms with Crippen molar-refractivity contribution in [2.24, 2.45) is 5.92 Å². The Morgan fingerprint density at radius 3 is 3.00 bits per heavy atom. The van der Waals surface area contributed by atoms with Crippen molar-refractivity contribution in [3.63, 3.8) is 0 Å². The van der Waals surface area contributed by atoms with E-state index in [4.69, 9.17) is 11.6 Å². The Morgan fingerprint density at radius 2 is 2.32 bits per heavy atom. The van der Waals surface area contributed by atoms with Gasteiger partial charge in [-0.25, -0.2) is 0 Å². The van der Waals surface area contributed by atoms with Crippen LogP contribution >= 0.6 is 11.6 Å². The number of hydrogen-bond acceptors (Lipinski definition) is 1. The number of benzene rings is 1. The van der Waals surface area contributed by atoms with Crippen molar-refractivity contribution in [2.75, 3.05) is 18.4 Å². The van der Waals surface area contributed by atoms with E-state index >= 15 is 0 Å². The number of rotatable bonds is 3. The lowest BCUT2D eigenvalue weighted by molar-refractivity contribution is -0.922. The molecule has 0 saturated carbocycles. The highest BCUT2D eigenvalue weighted by atomic mass is 35.5.